The minimum absolute atomic E-state index is 0.483. The van der Waals surface area contributed by atoms with Gasteiger partial charge in [0.2, 0.25) is 0 Å². The van der Waals surface area contributed by atoms with Crippen molar-refractivity contribution in [3.8, 4) is 0 Å². The fraction of sp³-hybridized carbons (Fsp3) is 1.00. The van der Waals surface area contributed by atoms with Crippen molar-refractivity contribution in [2.45, 2.75) is 31.7 Å². The van der Waals surface area contributed by atoms with Crippen molar-refractivity contribution in [2.24, 2.45) is 17.6 Å². The van der Waals surface area contributed by atoms with Crippen LogP contribution in [0.4, 0.5) is 0 Å². The maximum Gasteiger partial charge on any atom is 0.00914 e. The van der Waals surface area contributed by atoms with E-state index in [1.165, 1.54) is 25.7 Å². The van der Waals surface area contributed by atoms with Crippen molar-refractivity contribution < 1.29 is 0 Å². The van der Waals surface area contributed by atoms with Gasteiger partial charge < -0.3 is 11.1 Å². The minimum Gasteiger partial charge on any atom is -0.327 e. The molecular formula is C9H18N2. The summed E-state index contributed by atoms with van der Waals surface area (Å²) in [6.45, 7) is 2.29. The Bertz CT molecular complexity index is 132. The third kappa shape index (κ3) is 1.94. The van der Waals surface area contributed by atoms with E-state index in [1.807, 2.05) is 0 Å². The third-order valence-electron chi connectivity index (χ3n) is 3.00. The van der Waals surface area contributed by atoms with E-state index < -0.39 is 0 Å². The summed E-state index contributed by atoms with van der Waals surface area (Å²) in [5.41, 5.74) is 6.02. The summed E-state index contributed by atoms with van der Waals surface area (Å²) in [4.78, 5) is 0. The molecule has 2 nitrogen and oxygen atoms in total. The number of hydrogen-bond acceptors (Lipinski definition) is 2. The highest BCUT2D eigenvalue weighted by molar-refractivity contribution is 4.85. The number of piperidine rings is 1. The van der Waals surface area contributed by atoms with Crippen LogP contribution in [0.2, 0.25) is 0 Å². The summed E-state index contributed by atoms with van der Waals surface area (Å²) in [6, 6.07) is 0.483. The van der Waals surface area contributed by atoms with Crippen LogP contribution in [-0.2, 0) is 0 Å². The van der Waals surface area contributed by atoms with Crippen LogP contribution in [0, 0.1) is 11.8 Å². The average molecular weight is 154 g/mol. The van der Waals surface area contributed by atoms with Crippen molar-refractivity contribution in [2.75, 3.05) is 13.1 Å². The first kappa shape index (κ1) is 7.56. The molecule has 64 valence electrons. The molecule has 1 heterocycles. The molecule has 2 rings (SSSR count). The second kappa shape index (κ2) is 3.11. The lowest BCUT2D eigenvalue weighted by atomic mass is 9.89. The van der Waals surface area contributed by atoms with Gasteiger partial charge in [0, 0.05) is 6.04 Å². The Morgan fingerprint density at radius 1 is 1.27 bits per heavy atom. The molecule has 2 fully saturated rings. The van der Waals surface area contributed by atoms with Crippen LogP contribution in [0.1, 0.15) is 25.7 Å². The molecule has 0 aromatic heterocycles. The summed E-state index contributed by atoms with van der Waals surface area (Å²) in [7, 11) is 0. The van der Waals surface area contributed by atoms with Gasteiger partial charge in [-0.15, -0.1) is 0 Å². The van der Waals surface area contributed by atoms with E-state index in [1.54, 1.807) is 0 Å². The maximum atomic E-state index is 6.02. The van der Waals surface area contributed by atoms with Crippen LogP contribution >= 0.6 is 0 Å². The smallest absolute Gasteiger partial charge is 0.00914 e. The van der Waals surface area contributed by atoms with Crippen LogP contribution in [0.25, 0.3) is 0 Å². The van der Waals surface area contributed by atoms with Gasteiger partial charge in [-0.2, -0.15) is 0 Å². The Morgan fingerprint density at radius 3 is 2.73 bits per heavy atom. The van der Waals surface area contributed by atoms with Gasteiger partial charge in [0.05, 0.1) is 0 Å². The molecule has 2 heteroatoms. The van der Waals surface area contributed by atoms with Crippen LogP contribution in [0.3, 0.4) is 0 Å². The number of rotatable bonds is 2. The van der Waals surface area contributed by atoms with Gasteiger partial charge in [0.15, 0.2) is 0 Å². The highest BCUT2D eigenvalue weighted by Crippen LogP contribution is 2.36. The van der Waals surface area contributed by atoms with E-state index in [-0.39, 0.29) is 0 Å². The summed E-state index contributed by atoms with van der Waals surface area (Å²) < 4.78 is 0. The fourth-order valence-corrected chi connectivity index (χ4v) is 1.98. The van der Waals surface area contributed by atoms with Gasteiger partial charge in [-0.3, -0.25) is 0 Å². The van der Waals surface area contributed by atoms with Crippen LogP contribution in [-0.4, -0.2) is 19.1 Å². The predicted octanol–water partition coefficient (Wildman–Crippen LogP) is 0.723. The summed E-state index contributed by atoms with van der Waals surface area (Å²) in [5.74, 6) is 1.81. The van der Waals surface area contributed by atoms with Gasteiger partial charge in [-0.25, -0.2) is 0 Å². The first-order valence-electron chi connectivity index (χ1n) is 4.82. The molecule has 0 aromatic carbocycles. The molecule has 2 atom stereocenters. The van der Waals surface area contributed by atoms with Gasteiger partial charge in [0.1, 0.15) is 0 Å². The molecule has 1 aliphatic carbocycles. The van der Waals surface area contributed by atoms with Crippen molar-refractivity contribution in [3.05, 3.63) is 0 Å². The first-order valence-corrected chi connectivity index (χ1v) is 4.82. The summed E-state index contributed by atoms with van der Waals surface area (Å²) in [6.07, 6.45) is 5.48. The third-order valence-corrected chi connectivity index (χ3v) is 3.00. The van der Waals surface area contributed by atoms with Crippen molar-refractivity contribution in [3.63, 3.8) is 0 Å². The van der Waals surface area contributed by atoms with Crippen molar-refractivity contribution in [1.29, 1.82) is 0 Å². The summed E-state index contributed by atoms with van der Waals surface area (Å²) >= 11 is 0. The highest BCUT2D eigenvalue weighted by Gasteiger charge is 2.29. The zero-order valence-corrected chi connectivity index (χ0v) is 7.05. The molecule has 2 aliphatic rings. The lowest BCUT2D eigenvalue weighted by Crippen LogP contribution is -2.44. The second-order valence-corrected chi connectivity index (χ2v) is 4.10. The average Bonchev–Trinajstić information content (AvgIpc) is 2.78. The first-order chi connectivity index (χ1) is 5.36. The Hall–Kier alpha value is -0.0800. The predicted molar refractivity (Wildman–Crippen MR) is 46.3 cm³/mol. The lowest BCUT2D eigenvalue weighted by molar-refractivity contribution is 0.298. The Kier molecular flexibility index (Phi) is 2.14. The Morgan fingerprint density at radius 2 is 2.09 bits per heavy atom. The number of nitrogens with one attached hydrogen (secondary N) is 1. The molecule has 1 saturated carbocycles. The van der Waals surface area contributed by atoms with Crippen LogP contribution in [0.15, 0.2) is 0 Å². The van der Waals surface area contributed by atoms with E-state index in [4.69, 9.17) is 5.73 Å². The Labute approximate surface area is 68.5 Å². The molecule has 11 heavy (non-hydrogen) atoms. The van der Waals surface area contributed by atoms with Crippen molar-refractivity contribution >= 4 is 0 Å². The van der Waals surface area contributed by atoms with E-state index in [0.29, 0.717) is 6.04 Å². The maximum absolute atomic E-state index is 6.02. The number of nitrogens with two attached hydrogens (primary N) is 1. The molecule has 0 aromatic rings. The molecule has 0 amide bonds. The lowest BCUT2D eigenvalue weighted by Gasteiger charge is -2.29. The Balaban J connectivity index is 1.78. The van der Waals surface area contributed by atoms with E-state index in [9.17, 15) is 0 Å². The molecule has 0 radical (unpaired) electrons. The largest absolute Gasteiger partial charge is 0.327 e. The minimum atomic E-state index is 0.483. The molecular weight excluding hydrogens is 136 g/mol. The molecule has 3 N–H and O–H groups in total. The van der Waals surface area contributed by atoms with Crippen molar-refractivity contribution in [1.82, 2.24) is 5.32 Å². The van der Waals surface area contributed by atoms with E-state index >= 15 is 0 Å². The van der Waals surface area contributed by atoms with Gasteiger partial charge in [0.25, 0.3) is 0 Å². The van der Waals surface area contributed by atoms with E-state index in [2.05, 4.69) is 5.32 Å². The molecule has 1 aliphatic heterocycles. The normalized spacial score (nSPS) is 39.0. The fourth-order valence-electron chi connectivity index (χ4n) is 1.98. The zero-order chi connectivity index (χ0) is 7.68. The van der Waals surface area contributed by atoms with Crippen LogP contribution in [0.5, 0.6) is 0 Å². The summed E-state index contributed by atoms with van der Waals surface area (Å²) in [5, 5.41) is 3.42. The van der Waals surface area contributed by atoms with E-state index in [0.717, 1.165) is 24.9 Å². The standard InChI is InChI=1S/C9H18N2/c10-9-3-4-11-6-8(9)5-7-1-2-7/h7-9,11H,1-6,10H2. The monoisotopic (exact) mass is 154 g/mol. The van der Waals surface area contributed by atoms with Crippen LogP contribution < -0.4 is 11.1 Å². The van der Waals surface area contributed by atoms with Gasteiger partial charge >= 0.3 is 0 Å². The SMILES string of the molecule is NC1CCNCC1CC1CC1. The molecule has 0 spiro atoms. The topological polar surface area (TPSA) is 38.0 Å². The number of hydrogen-bond donors (Lipinski definition) is 2. The molecule has 0 bridgehead atoms. The highest BCUT2D eigenvalue weighted by atomic mass is 14.9. The van der Waals surface area contributed by atoms with Gasteiger partial charge in [-0.1, -0.05) is 12.8 Å². The van der Waals surface area contributed by atoms with Gasteiger partial charge in [-0.05, 0) is 37.8 Å². The molecule has 1 saturated heterocycles. The second-order valence-electron chi connectivity index (χ2n) is 4.10. The quantitative estimate of drug-likeness (QED) is 0.615. The molecule has 2 unspecified atom stereocenters. The zero-order valence-electron chi connectivity index (χ0n) is 7.05.